The molecule has 2 aromatic heterocycles. The third-order valence-corrected chi connectivity index (χ3v) is 6.23. The van der Waals surface area contributed by atoms with Gasteiger partial charge in [0, 0.05) is 23.4 Å². The number of nitrogens with one attached hydrogen (secondary N) is 1. The molecule has 3 heterocycles. The largest absolute Gasteiger partial charge is 0.391 e. The number of nitrogens with zero attached hydrogens (tertiary/aromatic N) is 3. The summed E-state index contributed by atoms with van der Waals surface area (Å²) < 4.78 is 0. The summed E-state index contributed by atoms with van der Waals surface area (Å²) in [5, 5.41) is 11.1. The standard InChI is InChI=1S/C18H22N4O2S/c23-8-7-21-3-5-22(6-4-21)18-19-12-14-15(20-18)10-13(11-16(14)24)17-2-1-9-25-17/h1-2,9,12-13,23H,3-8,10-11H2/p+1/t13-/m0/s1. The fraction of sp³-hybridized carbons (Fsp3) is 0.500. The summed E-state index contributed by atoms with van der Waals surface area (Å²) in [7, 11) is 0. The van der Waals surface area contributed by atoms with Gasteiger partial charge in [-0.15, -0.1) is 11.3 Å². The minimum absolute atomic E-state index is 0.156. The van der Waals surface area contributed by atoms with Gasteiger partial charge in [0.25, 0.3) is 0 Å². The molecule has 132 valence electrons. The van der Waals surface area contributed by atoms with Gasteiger partial charge < -0.3 is 14.9 Å². The highest BCUT2D eigenvalue weighted by atomic mass is 32.1. The zero-order chi connectivity index (χ0) is 17.2. The average Bonchev–Trinajstić information content (AvgIpc) is 3.17. The third kappa shape index (κ3) is 3.44. The van der Waals surface area contributed by atoms with Crippen LogP contribution in [-0.2, 0) is 6.42 Å². The van der Waals surface area contributed by atoms with Crippen molar-refractivity contribution in [3.63, 3.8) is 0 Å². The summed E-state index contributed by atoms with van der Waals surface area (Å²) in [6, 6.07) is 4.15. The number of rotatable bonds is 4. The van der Waals surface area contributed by atoms with Crippen molar-refractivity contribution in [2.75, 3.05) is 44.2 Å². The van der Waals surface area contributed by atoms with Crippen molar-refractivity contribution in [3.8, 4) is 0 Å². The van der Waals surface area contributed by atoms with E-state index in [9.17, 15) is 4.79 Å². The number of piperazine rings is 1. The van der Waals surface area contributed by atoms with Crippen LogP contribution in [0.2, 0.25) is 0 Å². The smallest absolute Gasteiger partial charge is 0.225 e. The Hall–Kier alpha value is -1.83. The molecular formula is C18H23N4O2S+. The molecule has 0 bridgehead atoms. The topological polar surface area (TPSA) is 70.8 Å². The molecule has 2 aromatic rings. The maximum absolute atomic E-state index is 12.5. The minimum Gasteiger partial charge on any atom is -0.391 e. The lowest BCUT2D eigenvalue weighted by molar-refractivity contribution is -0.900. The monoisotopic (exact) mass is 359 g/mol. The van der Waals surface area contributed by atoms with E-state index in [-0.39, 0.29) is 18.3 Å². The molecule has 0 amide bonds. The van der Waals surface area contributed by atoms with Crippen molar-refractivity contribution in [2.45, 2.75) is 18.8 Å². The molecular weight excluding hydrogens is 336 g/mol. The Kier molecular flexibility index (Phi) is 4.78. The van der Waals surface area contributed by atoms with E-state index >= 15 is 0 Å². The van der Waals surface area contributed by atoms with Crippen molar-refractivity contribution in [3.05, 3.63) is 39.8 Å². The molecule has 0 saturated carbocycles. The molecule has 6 nitrogen and oxygen atoms in total. The molecule has 1 fully saturated rings. The molecule has 0 aromatic carbocycles. The highest BCUT2D eigenvalue weighted by Gasteiger charge is 2.30. The number of aliphatic hydroxyl groups is 1. The van der Waals surface area contributed by atoms with Gasteiger partial charge in [0.05, 0.1) is 44.0 Å². The Morgan fingerprint density at radius 3 is 2.88 bits per heavy atom. The maximum Gasteiger partial charge on any atom is 0.225 e. The average molecular weight is 359 g/mol. The van der Waals surface area contributed by atoms with Crippen molar-refractivity contribution in [1.82, 2.24) is 9.97 Å². The van der Waals surface area contributed by atoms with Crippen LogP contribution in [0.15, 0.2) is 23.7 Å². The Bertz CT molecular complexity index is 742. The van der Waals surface area contributed by atoms with E-state index in [4.69, 9.17) is 10.1 Å². The highest BCUT2D eigenvalue weighted by molar-refractivity contribution is 7.10. The van der Waals surface area contributed by atoms with Crippen LogP contribution in [-0.4, -0.2) is 60.2 Å². The molecule has 2 aliphatic rings. The number of aliphatic hydroxyl groups excluding tert-OH is 1. The van der Waals surface area contributed by atoms with Crippen LogP contribution < -0.4 is 9.80 Å². The van der Waals surface area contributed by atoms with Gasteiger partial charge >= 0.3 is 0 Å². The van der Waals surface area contributed by atoms with Gasteiger partial charge in [0.15, 0.2) is 5.78 Å². The van der Waals surface area contributed by atoms with Crippen LogP contribution in [0.1, 0.15) is 33.3 Å². The molecule has 0 spiro atoms. The summed E-state index contributed by atoms with van der Waals surface area (Å²) in [6.45, 7) is 4.77. The first kappa shape index (κ1) is 16.6. The number of Topliss-reactive ketones (excluding diaryl/α,β-unsaturated/α-hetero) is 1. The van der Waals surface area contributed by atoms with Crippen LogP contribution in [0, 0.1) is 0 Å². The highest BCUT2D eigenvalue weighted by Crippen LogP contribution is 2.34. The number of fused-ring (bicyclic) bond motifs is 1. The molecule has 4 rings (SSSR count). The van der Waals surface area contributed by atoms with Crippen molar-refractivity contribution in [1.29, 1.82) is 0 Å². The predicted molar refractivity (Wildman–Crippen MR) is 96.6 cm³/mol. The number of carbonyl (C=O) groups is 1. The van der Waals surface area contributed by atoms with E-state index in [1.807, 2.05) is 6.07 Å². The zero-order valence-electron chi connectivity index (χ0n) is 14.1. The molecule has 0 unspecified atom stereocenters. The van der Waals surface area contributed by atoms with E-state index < -0.39 is 0 Å². The van der Waals surface area contributed by atoms with Crippen molar-refractivity contribution >= 4 is 23.1 Å². The lowest BCUT2D eigenvalue weighted by Crippen LogP contribution is -3.15. The number of quaternary nitrogens is 1. The summed E-state index contributed by atoms with van der Waals surface area (Å²) in [6.07, 6.45) is 3.09. The summed E-state index contributed by atoms with van der Waals surface area (Å²) in [5.74, 6) is 1.14. The van der Waals surface area contributed by atoms with Gasteiger partial charge in [-0.3, -0.25) is 4.79 Å². The first-order valence-electron chi connectivity index (χ1n) is 8.86. The Labute approximate surface area is 151 Å². The number of thiophene rings is 1. The Morgan fingerprint density at radius 1 is 1.32 bits per heavy atom. The molecule has 1 aliphatic carbocycles. The van der Waals surface area contributed by atoms with Crippen LogP contribution in [0.5, 0.6) is 0 Å². The van der Waals surface area contributed by atoms with Gasteiger partial charge in [-0.25, -0.2) is 9.97 Å². The lowest BCUT2D eigenvalue weighted by Gasteiger charge is -2.32. The summed E-state index contributed by atoms with van der Waals surface area (Å²) in [5.41, 5.74) is 1.59. The van der Waals surface area contributed by atoms with Gasteiger partial charge in [-0.1, -0.05) is 6.07 Å². The third-order valence-electron chi connectivity index (χ3n) is 5.19. The normalized spacial score (nSPS) is 21.4. The minimum atomic E-state index is 0.156. The molecule has 25 heavy (non-hydrogen) atoms. The maximum atomic E-state index is 12.5. The number of hydrogen-bond acceptors (Lipinski definition) is 6. The van der Waals surface area contributed by atoms with Crippen LogP contribution in [0.3, 0.4) is 0 Å². The van der Waals surface area contributed by atoms with E-state index in [1.165, 1.54) is 9.78 Å². The second-order valence-corrected chi connectivity index (χ2v) is 7.76. The number of hydrogen-bond donors (Lipinski definition) is 2. The van der Waals surface area contributed by atoms with E-state index in [0.29, 0.717) is 12.0 Å². The zero-order valence-corrected chi connectivity index (χ0v) is 15.0. The predicted octanol–water partition coefficient (Wildman–Crippen LogP) is 0.148. The SMILES string of the molecule is O=C1C[C@@H](c2cccs2)Cc2nc(N3CC[NH+](CCO)CC3)ncc21. The summed E-state index contributed by atoms with van der Waals surface area (Å²) >= 11 is 1.71. The number of ketones is 1. The van der Waals surface area contributed by atoms with E-state index in [2.05, 4.69) is 21.3 Å². The number of carbonyl (C=O) groups excluding carboxylic acids is 1. The quantitative estimate of drug-likeness (QED) is 0.813. The van der Waals surface area contributed by atoms with Crippen LogP contribution in [0.4, 0.5) is 5.95 Å². The molecule has 7 heteroatoms. The second-order valence-electron chi connectivity index (χ2n) is 6.78. The second kappa shape index (κ2) is 7.19. The van der Waals surface area contributed by atoms with Gasteiger partial charge in [-0.2, -0.15) is 0 Å². The number of anilines is 1. The van der Waals surface area contributed by atoms with Crippen LogP contribution >= 0.6 is 11.3 Å². The fourth-order valence-electron chi connectivity index (χ4n) is 3.74. The number of aromatic nitrogens is 2. The summed E-state index contributed by atoms with van der Waals surface area (Å²) in [4.78, 5) is 26.6. The Morgan fingerprint density at radius 2 is 2.16 bits per heavy atom. The van der Waals surface area contributed by atoms with E-state index in [0.717, 1.165) is 50.8 Å². The van der Waals surface area contributed by atoms with Crippen molar-refractivity contribution < 1.29 is 14.8 Å². The Balaban J connectivity index is 1.52. The lowest BCUT2D eigenvalue weighted by atomic mass is 9.86. The first-order chi connectivity index (χ1) is 12.2. The first-order valence-corrected chi connectivity index (χ1v) is 9.74. The van der Waals surface area contributed by atoms with Gasteiger partial charge in [-0.05, 0) is 17.9 Å². The molecule has 1 saturated heterocycles. The van der Waals surface area contributed by atoms with Gasteiger partial charge in [0.2, 0.25) is 5.95 Å². The van der Waals surface area contributed by atoms with E-state index in [1.54, 1.807) is 17.5 Å². The molecule has 1 aliphatic heterocycles. The molecule has 2 N–H and O–H groups in total. The fourth-order valence-corrected chi connectivity index (χ4v) is 4.57. The molecule has 1 atom stereocenters. The van der Waals surface area contributed by atoms with Gasteiger partial charge in [0.1, 0.15) is 6.54 Å². The van der Waals surface area contributed by atoms with Crippen LogP contribution in [0.25, 0.3) is 0 Å². The molecule has 0 radical (unpaired) electrons. The van der Waals surface area contributed by atoms with Crippen molar-refractivity contribution in [2.24, 2.45) is 0 Å².